The monoisotopic (exact) mass is 376 g/mol. The largest absolute Gasteiger partial charge is 0.475 e. The molecule has 6 nitrogen and oxygen atoms in total. The van der Waals surface area contributed by atoms with Gasteiger partial charge in [0.05, 0.1) is 18.8 Å². The molecule has 0 radical (unpaired) electrons. The third-order valence-corrected chi connectivity index (χ3v) is 4.69. The molecule has 0 aliphatic carbocycles. The topological polar surface area (TPSA) is 71.1 Å². The Morgan fingerprint density at radius 3 is 2.00 bits per heavy atom. The van der Waals surface area contributed by atoms with E-state index in [1.807, 2.05) is 26.0 Å². The minimum atomic E-state index is -3.56. The minimum Gasteiger partial charge on any atom is -0.462 e. The van der Waals surface area contributed by atoms with Crippen molar-refractivity contribution in [2.75, 3.05) is 13.2 Å². The van der Waals surface area contributed by atoms with Gasteiger partial charge >= 0.3 is 13.8 Å². The van der Waals surface area contributed by atoms with Gasteiger partial charge in [-0.1, -0.05) is 17.2 Å². The van der Waals surface area contributed by atoms with Crippen LogP contribution in [0.3, 0.4) is 0 Å². The summed E-state index contributed by atoms with van der Waals surface area (Å²) in [5.74, 6) is -0.284. The molecule has 25 heavy (non-hydrogen) atoms. The van der Waals surface area contributed by atoms with Crippen molar-refractivity contribution < 1.29 is 27.7 Å². The van der Waals surface area contributed by atoms with E-state index >= 15 is 0 Å². The Kier molecular flexibility index (Phi) is 12.0. The average molecular weight is 376 g/mol. The molecule has 0 fully saturated rings. The molecule has 0 aromatic heterocycles. The third kappa shape index (κ3) is 14.0. The summed E-state index contributed by atoms with van der Waals surface area (Å²) in [6, 6.07) is 0. The Hall–Kier alpha value is -0.940. The first kappa shape index (κ1) is 24.1. The fourth-order valence-electron chi connectivity index (χ4n) is 1.79. The maximum absolute atomic E-state index is 12.5. The summed E-state index contributed by atoms with van der Waals surface area (Å²) in [5, 5.41) is 0. The van der Waals surface area contributed by atoms with Crippen molar-refractivity contribution in [2.24, 2.45) is 0 Å². The first-order valence-electron chi connectivity index (χ1n) is 8.60. The molecule has 0 rings (SSSR count). The molecule has 0 amide bonds. The highest BCUT2D eigenvalue weighted by Crippen LogP contribution is 2.51. The van der Waals surface area contributed by atoms with Crippen LogP contribution in [0.25, 0.3) is 0 Å². The Bertz CT molecular complexity index is 494. The summed E-state index contributed by atoms with van der Waals surface area (Å²) in [4.78, 5) is 10.7. The molecule has 0 aromatic carbocycles. The van der Waals surface area contributed by atoms with Crippen LogP contribution in [0.15, 0.2) is 23.3 Å². The number of hydrogen-bond acceptors (Lipinski definition) is 6. The highest BCUT2D eigenvalue weighted by molar-refractivity contribution is 7.48. The lowest BCUT2D eigenvalue weighted by Crippen LogP contribution is -2.10. The van der Waals surface area contributed by atoms with Crippen LogP contribution in [0, 0.1) is 0 Å². The molecule has 0 saturated carbocycles. The highest BCUT2D eigenvalue weighted by Gasteiger charge is 2.29. The van der Waals surface area contributed by atoms with Crippen molar-refractivity contribution in [3.8, 4) is 0 Å². The molecule has 0 spiro atoms. The molecule has 0 aliphatic rings. The summed E-state index contributed by atoms with van der Waals surface area (Å²) in [6.07, 6.45) is 5.08. The van der Waals surface area contributed by atoms with Gasteiger partial charge in [-0.2, -0.15) is 0 Å². The van der Waals surface area contributed by atoms with Crippen molar-refractivity contribution >= 4 is 13.8 Å². The number of carbonyl (C=O) groups is 1. The molecule has 0 N–H and O–H groups in total. The maximum Gasteiger partial charge on any atom is 0.475 e. The second kappa shape index (κ2) is 12.4. The quantitative estimate of drug-likeness (QED) is 0.265. The lowest BCUT2D eigenvalue weighted by atomic mass is 10.1. The predicted molar refractivity (Wildman–Crippen MR) is 99.4 cm³/mol. The van der Waals surface area contributed by atoms with Gasteiger partial charge in [-0.05, 0) is 60.5 Å². The number of phosphoric ester groups is 1. The molecule has 7 heteroatoms. The second-order valence-electron chi connectivity index (χ2n) is 6.47. The zero-order chi connectivity index (χ0) is 19.5. The Morgan fingerprint density at radius 1 is 0.960 bits per heavy atom. The molecule has 0 aromatic rings. The molecule has 0 saturated heterocycles. The molecule has 0 aliphatic heterocycles. The van der Waals surface area contributed by atoms with Crippen LogP contribution in [-0.2, 0) is 27.7 Å². The van der Waals surface area contributed by atoms with Crippen LogP contribution < -0.4 is 0 Å². The molecule has 0 atom stereocenters. The van der Waals surface area contributed by atoms with Crippen molar-refractivity contribution in [1.82, 2.24) is 0 Å². The van der Waals surface area contributed by atoms with Crippen molar-refractivity contribution in [1.29, 1.82) is 0 Å². The molecule has 0 bridgehead atoms. The van der Waals surface area contributed by atoms with E-state index in [-0.39, 0.29) is 24.8 Å². The number of ether oxygens (including phenoxy) is 1. The first-order chi connectivity index (χ1) is 11.5. The lowest BCUT2D eigenvalue weighted by molar-refractivity contribution is -0.139. The van der Waals surface area contributed by atoms with Gasteiger partial charge in [0.15, 0.2) is 0 Å². The fourth-order valence-corrected chi connectivity index (χ4v) is 3.36. The van der Waals surface area contributed by atoms with Gasteiger partial charge in [-0.3, -0.25) is 18.4 Å². The van der Waals surface area contributed by atoms with E-state index in [0.29, 0.717) is 6.61 Å². The van der Waals surface area contributed by atoms with E-state index in [1.165, 1.54) is 6.92 Å². The maximum atomic E-state index is 12.5. The molecular weight excluding hydrogens is 343 g/mol. The van der Waals surface area contributed by atoms with Gasteiger partial charge in [0, 0.05) is 6.92 Å². The third-order valence-electron chi connectivity index (χ3n) is 2.88. The van der Waals surface area contributed by atoms with Crippen LogP contribution in [0.5, 0.6) is 0 Å². The van der Waals surface area contributed by atoms with Gasteiger partial charge in [-0.15, -0.1) is 0 Å². The van der Waals surface area contributed by atoms with Crippen molar-refractivity contribution in [2.45, 2.75) is 73.5 Å². The number of hydrogen-bond donors (Lipinski definition) is 0. The fraction of sp³-hybridized carbons (Fsp3) is 0.722. The number of esters is 1. The summed E-state index contributed by atoms with van der Waals surface area (Å²) in [6.45, 7) is 12.9. The van der Waals surface area contributed by atoms with E-state index in [2.05, 4.69) is 0 Å². The van der Waals surface area contributed by atoms with E-state index < -0.39 is 7.82 Å². The van der Waals surface area contributed by atoms with Crippen molar-refractivity contribution in [3.05, 3.63) is 23.3 Å². The Balaban J connectivity index is 4.41. The lowest BCUT2D eigenvalue weighted by Gasteiger charge is -2.22. The zero-order valence-electron chi connectivity index (χ0n) is 16.5. The van der Waals surface area contributed by atoms with Gasteiger partial charge in [0.25, 0.3) is 0 Å². The van der Waals surface area contributed by atoms with E-state index in [1.54, 1.807) is 27.7 Å². The van der Waals surface area contributed by atoms with Crippen molar-refractivity contribution in [3.63, 3.8) is 0 Å². The average Bonchev–Trinajstić information content (AvgIpc) is 2.43. The van der Waals surface area contributed by atoms with E-state index in [9.17, 15) is 9.36 Å². The SMILES string of the molecule is CC(=O)OC/C=C(\C)CC/C=C(\C)COP(=O)(OC(C)C)OC(C)C. The van der Waals surface area contributed by atoms with Gasteiger partial charge in [0.1, 0.15) is 6.61 Å². The number of allylic oxidation sites excluding steroid dienone is 2. The molecule has 0 heterocycles. The standard InChI is InChI=1S/C18H33O6P/c1-14(2)23-25(20,24-15(3)4)22-13-17(6)10-8-9-16(5)11-12-21-18(7)19/h10-11,14-15H,8-9,12-13H2,1-7H3/b16-11+,17-10+. The minimum absolute atomic E-state index is 0.187. The van der Waals surface area contributed by atoms with Gasteiger partial charge in [0.2, 0.25) is 0 Å². The zero-order valence-corrected chi connectivity index (χ0v) is 17.4. The number of phosphoric acid groups is 1. The number of carbonyl (C=O) groups excluding carboxylic acids is 1. The van der Waals surface area contributed by atoms with Crippen LogP contribution in [0.4, 0.5) is 0 Å². The van der Waals surface area contributed by atoms with E-state index in [0.717, 1.165) is 24.0 Å². The van der Waals surface area contributed by atoms with Crippen LogP contribution in [0.2, 0.25) is 0 Å². The first-order valence-corrected chi connectivity index (χ1v) is 10.1. The van der Waals surface area contributed by atoms with Crippen LogP contribution >= 0.6 is 7.82 Å². The molecule has 146 valence electrons. The van der Waals surface area contributed by atoms with Crippen LogP contribution in [-0.4, -0.2) is 31.4 Å². The smallest absolute Gasteiger partial charge is 0.462 e. The summed E-state index contributed by atoms with van der Waals surface area (Å²) < 4.78 is 33.5. The van der Waals surface area contributed by atoms with Gasteiger partial charge in [-0.25, -0.2) is 4.57 Å². The van der Waals surface area contributed by atoms with Gasteiger partial charge < -0.3 is 4.74 Å². The Labute approximate surface area is 152 Å². The Morgan fingerprint density at radius 2 is 1.52 bits per heavy atom. The predicted octanol–water partition coefficient (Wildman–Crippen LogP) is 5.20. The summed E-state index contributed by atoms with van der Waals surface area (Å²) in [5.41, 5.74) is 2.09. The summed E-state index contributed by atoms with van der Waals surface area (Å²) >= 11 is 0. The van der Waals surface area contributed by atoms with E-state index in [4.69, 9.17) is 18.3 Å². The highest BCUT2D eigenvalue weighted by atomic mass is 31.2. The number of rotatable bonds is 12. The van der Waals surface area contributed by atoms with Crippen LogP contribution in [0.1, 0.15) is 61.3 Å². The normalized spacial score (nSPS) is 13.6. The molecule has 0 unspecified atom stereocenters. The molecular formula is C18H33O6P. The second-order valence-corrected chi connectivity index (χ2v) is 8.05. The summed E-state index contributed by atoms with van der Waals surface area (Å²) in [7, 11) is -3.56.